The number of methoxy groups -OCH3 is 1. The van der Waals surface area contributed by atoms with E-state index >= 15 is 0 Å². The monoisotopic (exact) mass is 403 g/mol. The second-order valence-electron chi connectivity index (χ2n) is 6.82. The molecule has 9 heteroatoms. The van der Waals surface area contributed by atoms with Crippen molar-refractivity contribution in [1.82, 2.24) is 9.80 Å². The van der Waals surface area contributed by atoms with Crippen molar-refractivity contribution in [2.24, 2.45) is 0 Å². The predicted octanol–water partition coefficient (Wildman–Crippen LogP) is 0.361. The number of β-amino-alcohol motifs (C(OH)–C–C–N with tert-alkyl or cyclic N) is 1. The number of benzene rings is 1. The topological polar surface area (TPSA) is 108 Å². The van der Waals surface area contributed by atoms with Crippen molar-refractivity contribution in [3.8, 4) is 5.75 Å². The number of nitrogens with zero attached hydrogens (tertiary/aromatic N) is 2. The van der Waals surface area contributed by atoms with Gasteiger partial charge in [0.2, 0.25) is 0 Å². The molecule has 2 aliphatic rings. The van der Waals surface area contributed by atoms with Crippen LogP contribution in [-0.2, 0) is 19.1 Å². The van der Waals surface area contributed by atoms with Crippen LogP contribution in [0.5, 0.6) is 5.75 Å². The predicted molar refractivity (Wildman–Crippen MR) is 104 cm³/mol. The summed E-state index contributed by atoms with van der Waals surface area (Å²) in [5, 5.41) is 12.1. The molecule has 0 saturated carbocycles. The Balaban J connectivity index is 1.63. The third-order valence-corrected chi connectivity index (χ3v) is 4.90. The van der Waals surface area contributed by atoms with Gasteiger partial charge in [-0.05, 0) is 37.1 Å². The Morgan fingerprint density at radius 3 is 2.48 bits per heavy atom. The Labute approximate surface area is 168 Å². The lowest BCUT2D eigenvalue weighted by Crippen LogP contribution is -2.32. The smallest absolute Gasteiger partial charge is 0.337 e. The maximum absolute atomic E-state index is 12.5. The van der Waals surface area contributed by atoms with E-state index in [4.69, 9.17) is 14.6 Å². The molecule has 2 heterocycles. The summed E-state index contributed by atoms with van der Waals surface area (Å²) in [7, 11) is 1.25. The minimum absolute atomic E-state index is 0.0149. The van der Waals surface area contributed by atoms with Gasteiger partial charge in [0, 0.05) is 25.3 Å². The van der Waals surface area contributed by atoms with Gasteiger partial charge in [0.05, 0.1) is 25.8 Å². The highest BCUT2D eigenvalue weighted by molar-refractivity contribution is 6.08. The van der Waals surface area contributed by atoms with E-state index in [9.17, 15) is 14.4 Å². The second kappa shape index (κ2) is 9.42. The van der Waals surface area contributed by atoms with Crippen LogP contribution in [0.3, 0.4) is 0 Å². The first-order valence-corrected chi connectivity index (χ1v) is 9.52. The number of aliphatic hydroxyl groups excluding tert-OH is 1. The molecule has 3 rings (SSSR count). The highest BCUT2D eigenvalue weighted by atomic mass is 16.5. The quantitative estimate of drug-likeness (QED) is 0.604. The lowest BCUT2D eigenvalue weighted by Gasteiger charge is -2.16. The number of hydrogen-bond acceptors (Lipinski definition) is 7. The van der Waals surface area contributed by atoms with Gasteiger partial charge in [-0.2, -0.15) is 0 Å². The molecule has 1 aromatic carbocycles. The fourth-order valence-corrected chi connectivity index (χ4v) is 3.33. The van der Waals surface area contributed by atoms with Crippen molar-refractivity contribution in [3.63, 3.8) is 0 Å². The van der Waals surface area contributed by atoms with E-state index in [1.807, 2.05) is 0 Å². The molecule has 0 radical (unpaired) electrons. The van der Waals surface area contributed by atoms with Gasteiger partial charge in [0.15, 0.2) is 6.61 Å². The average molecular weight is 403 g/mol. The molecule has 0 spiro atoms. The molecule has 1 fully saturated rings. The minimum atomic E-state index is -0.596. The van der Waals surface area contributed by atoms with E-state index < -0.39 is 5.97 Å². The third-order valence-electron chi connectivity index (χ3n) is 4.90. The number of anilines is 1. The summed E-state index contributed by atoms with van der Waals surface area (Å²) in [4.78, 5) is 39.7. The number of carbonyl (C=O) groups is 3. The molecule has 156 valence electrons. The summed E-state index contributed by atoms with van der Waals surface area (Å²) in [6, 6.07) is 6.75. The summed E-state index contributed by atoms with van der Waals surface area (Å²) in [6.07, 6.45) is 2.06. The first-order valence-electron chi connectivity index (χ1n) is 9.52. The van der Waals surface area contributed by atoms with Crippen molar-refractivity contribution < 1.29 is 29.0 Å². The van der Waals surface area contributed by atoms with Gasteiger partial charge in [-0.1, -0.05) is 0 Å². The lowest BCUT2D eigenvalue weighted by atomic mass is 10.2. The zero-order valence-corrected chi connectivity index (χ0v) is 16.3. The standard InChI is InChI=1S/C20H25N3O6/c1-28-20(27)16-12-23(10-11-24)19(26)18(16)21-14-4-6-15(7-5-14)29-13-17(25)22-8-2-3-9-22/h4-7,21,24H,2-3,8-13H2,1H3. The highest BCUT2D eigenvalue weighted by Gasteiger charge is 2.34. The lowest BCUT2D eigenvalue weighted by molar-refractivity contribution is -0.136. The molecule has 2 N–H and O–H groups in total. The Bertz CT molecular complexity index is 799. The Morgan fingerprint density at radius 2 is 1.86 bits per heavy atom. The van der Waals surface area contributed by atoms with Crippen molar-refractivity contribution in [1.29, 1.82) is 0 Å². The Hall–Kier alpha value is -3.07. The van der Waals surface area contributed by atoms with E-state index in [1.54, 1.807) is 29.2 Å². The van der Waals surface area contributed by atoms with Gasteiger partial charge in [0.1, 0.15) is 11.4 Å². The number of rotatable bonds is 8. The molecule has 2 aliphatic heterocycles. The van der Waals surface area contributed by atoms with Gasteiger partial charge >= 0.3 is 5.97 Å². The van der Waals surface area contributed by atoms with Crippen LogP contribution in [0, 0.1) is 0 Å². The summed E-state index contributed by atoms with van der Waals surface area (Å²) in [6.45, 7) is 1.55. The molecule has 2 amide bonds. The average Bonchev–Trinajstić information content (AvgIpc) is 3.37. The van der Waals surface area contributed by atoms with Crippen LogP contribution in [0.15, 0.2) is 35.5 Å². The van der Waals surface area contributed by atoms with Crippen LogP contribution in [-0.4, -0.2) is 79.2 Å². The zero-order valence-electron chi connectivity index (χ0n) is 16.3. The van der Waals surface area contributed by atoms with Gasteiger partial charge in [-0.15, -0.1) is 0 Å². The van der Waals surface area contributed by atoms with Gasteiger partial charge < -0.3 is 29.7 Å². The van der Waals surface area contributed by atoms with Crippen molar-refractivity contribution in [2.45, 2.75) is 12.8 Å². The van der Waals surface area contributed by atoms with Gasteiger partial charge in [-0.3, -0.25) is 9.59 Å². The van der Waals surface area contributed by atoms with E-state index in [1.165, 1.54) is 12.0 Å². The number of aliphatic hydroxyl groups is 1. The fourth-order valence-electron chi connectivity index (χ4n) is 3.33. The van der Waals surface area contributed by atoms with Crippen LogP contribution in [0.25, 0.3) is 0 Å². The largest absolute Gasteiger partial charge is 0.484 e. The van der Waals surface area contributed by atoms with Crippen LogP contribution < -0.4 is 10.1 Å². The molecule has 0 atom stereocenters. The number of likely N-dealkylation sites (tertiary alicyclic amines) is 1. The van der Waals surface area contributed by atoms with Crippen molar-refractivity contribution in [2.75, 3.05) is 51.8 Å². The molecule has 1 saturated heterocycles. The van der Waals surface area contributed by atoms with E-state index in [0.29, 0.717) is 11.4 Å². The number of esters is 1. The molecule has 0 aromatic heterocycles. The first kappa shape index (κ1) is 20.7. The summed E-state index contributed by atoms with van der Waals surface area (Å²) >= 11 is 0. The normalized spacial score (nSPS) is 16.4. The molecule has 0 unspecified atom stereocenters. The SMILES string of the molecule is COC(=O)C1=C(Nc2ccc(OCC(=O)N3CCCC3)cc2)C(=O)N(CCO)C1. The second-order valence-corrected chi connectivity index (χ2v) is 6.82. The molecule has 9 nitrogen and oxygen atoms in total. The molecule has 0 aliphatic carbocycles. The van der Waals surface area contributed by atoms with Crippen molar-refractivity contribution in [3.05, 3.63) is 35.5 Å². The highest BCUT2D eigenvalue weighted by Crippen LogP contribution is 2.24. The fraction of sp³-hybridized carbons (Fsp3) is 0.450. The van der Waals surface area contributed by atoms with Crippen LogP contribution >= 0.6 is 0 Å². The molecular formula is C20H25N3O6. The first-order chi connectivity index (χ1) is 14.0. The Morgan fingerprint density at radius 1 is 1.17 bits per heavy atom. The molecular weight excluding hydrogens is 378 g/mol. The van der Waals surface area contributed by atoms with E-state index in [2.05, 4.69) is 5.32 Å². The summed E-state index contributed by atoms with van der Waals surface area (Å²) in [5.41, 5.74) is 0.921. The number of hydrogen-bond donors (Lipinski definition) is 2. The van der Waals surface area contributed by atoms with E-state index in [-0.39, 0.29) is 49.4 Å². The summed E-state index contributed by atoms with van der Waals surface area (Å²) in [5.74, 6) is -0.472. The number of nitrogens with one attached hydrogen (secondary N) is 1. The summed E-state index contributed by atoms with van der Waals surface area (Å²) < 4.78 is 10.3. The van der Waals surface area contributed by atoms with E-state index in [0.717, 1.165) is 25.9 Å². The molecule has 29 heavy (non-hydrogen) atoms. The number of amides is 2. The molecule has 0 bridgehead atoms. The minimum Gasteiger partial charge on any atom is -0.484 e. The zero-order chi connectivity index (χ0) is 20.8. The maximum atomic E-state index is 12.5. The number of carbonyl (C=O) groups excluding carboxylic acids is 3. The number of ether oxygens (including phenoxy) is 2. The van der Waals surface area contributed by atoms with Crippen LogP contribution in [0.2, 0.25) is 0 Å². The maximum Gasteiger partial charge on any atom is 0.337 e. The molecule has 1 aromatic rings. The Kier molecular flexibility index (Phi) is 6.71. The van der Waals surface area contributed by atoms with Gasteiger partial charge in [-0.25, -0.2) is 4.79 Å². The van der Waals surface area contributed by atoms with Crippen LogP contribution in [0.4, 0.5) is 5.69 Å². The van der Waals surface area contributed by atoms with Gasteiger partial charge in [0.25, 0.3) is 11.8 Å². The van der Waals surface area contributed by atoms with Crippen molar-refractivity contribution >= 4 is 23.5 Å². The van der Waals surface area contributed by atoms with Crippen LogP contribution in [0.1, 0.15) is 12.8 Å². The third kappa shape index (κ3) is 4.86.